The molecule has 0 bridgehead atoms. The minimum Gasteiger partial charge on any atom is -0.478 e. The van der Waals surface area contributed by atoms with E-state index >= 15 is 0 Å². The second-order valence-electron chi connectivity index (χ2n) is 22.7. The van der Waals surface area contributed by atoms with Gasteiger partial charge in [0.25, 0.3) is 11.4 Å². The SMILES string of the molecule is CCCS(=O)(=O)Cl.CCCS(=O)(=O)Nc1ccc(C)c(C(=O)c2c[nH]c3ncc(-c4ccc(Cl)cc4)cc23)c1.CCCS(=O)(=O)Nc1cccc(C(=O)O)c1Cl.COC(=O)c1cccc(N)c1Cl.COC(=O)c1cccc([N+](=O)[O-])c1Cl.Clc1ccc(-c2cnc3[nH]ccc3c2)cc1.O=C(O)c1cccc([N+](=O)[O-])c1Cl. The highest BCUT2D eigenvalue weighted by Gasteiger charge is 2.23. The van der Waals surface area contributed by atoms with Gasteiger partial charge in [-0.05, 0) is 134 Å². The summed E-state index contributed by atoms with van der Waals surface area (Å²) >= 11 is 34.5. The molecular formula is C73H68Cl7N9O19S3. The molecule has 7 aromatic carbocycles. The van der Waals surface area contributed by atoms with Gasteiger partial charge in [-0.3, -0.25) is 34.5 Å². The first-order valence-corrected chi connectivity index (χ1v) is 40.2. The van der Waals surface area contributed by atoms with Gasteiger partial charge in [-0.25, -0.2) is 54.4 Å². The molecule has 0 fully saturated rings. The normalized spacial score (nSPS) is 10.7. The molecule has 0 aliphatic carbocycles. The number of nitrogens with one attached hydrogen (secondary N) is 4. The number of aromatic carboxylic acids is 2. The molecule has 0 saturated carbocycles. The lowest BCUT2D eigenvalue weighted by atomic mass is 9.97. The maximum atomic E-state index is 13.4. The molecule has 0 unspecified atom stereocenters. The topological polar surface area (TPSA) is 440 Å². The lowest BCUT2D eigenvalue weighted by Gasteiger charge is -2.11. The minimum absolute atomic E-state index is 0.0108. The number of ether oxygens (including phenoxy) is 2. The summed E-state index contributed by atoms with van der Waals surface area (Å²) < 4.78 is 81.0. The molecule has 0 aliphatic rings. The van der Waals surface area contributed by atoms with Crippen molar-refractivity contribution in [3.8, 4) is 22.3 Å². The first kappa shape index (κ1) is 91.2. The Labute approximate surface area is 670 Å². The van der Waals surface area contributed by atoms with Gasteiger partial charge in [-0.2, -0.15) is 0 Å². The Kier molecular flexibility index (Phi) is 35.0. The molecule has 0 aliphatic heterocycles. The second kappa shape index (κ2) is 42.7. The molecular weight excluding hydrogens is 1650 g/mol. The number of rotatable bonds is 20. The van der Waals surface area contributed by atoms with Crippen LogP contribution >= 0.6 is 80.3 Å². The number of esters is 2. The smallest absolute Gasteiger partial charge is 0.339 e. The largest absolute Gasteiger partial charge is 0.478 e. The fourth-order valence-electron chi connectivity index (χ4n) is 9.38. The van der Waals surface area contributed by atoms with E-state index in [9.17, 15) is 69.5 Å². The second-order valence-corrected chi connectivity index (χ2v) is 31.6. The van der Waals surface area contributed by atoms with Crippen molar-refractivity contribution < 1.29 is 78.8 Å². The van der Waals surface area contributed by atoms with Gasteiger partial charge >= 0.3 is 23.9 Å². The Bertz CT molecular complexity index is 5510. The highest BCUT2D eigenvalue weighted by molar-refractivity contribution is 8.13. The predicted octanol–water partition coefficient (Wildman–Crippen LogP) is 18.3. The fraction of sp³-hybridized carbons (Fsp3) is 0.164. The van der Waals surface area contributed by atoms with Gasteiger partial charge in [-0.1, -0.05) is 145 Å². The Morgan fingerprint density at radius 2 is 0.964 bits per heavy atom. The number of carboxylic acids is 2. The van der Waals surface area contributed by atoms with Crippen molar-refractivity contribution >= 4 is 190 Å². The van der Waals surface area contributed by atoms with Crippen LogP contribution in [0, 0.1) is 27.2 Å². The number of sulfonamides is 2. The first-order valence-electron chi connectivity index (χ1n) is 32.1. The van der Waals surface area contributed by atoms with Crippen LogP contribution in [0.1, 0.15) is 103 Å². The summed E-state index contributed by atoms with van der Waals surface area (Å²) in [5.41, 5.74) is 12.7. The number of fused-ring (bicyclic) bond motifs is 2. The Balaban J connectivity index is 0.000000243. The number of H-pyrrole nitrogens is 2. The van der Waals surface area contributed by atoms with Crippen molar-refractivity contribution in [1.29, 1.82) is 0 Å². The van der Waals surface area contributed by atoms with E-state index in [4.69, 9.17) is 96.2 Å². The first-order chi connectivity index (χ1) is 52.3. The van der Waals surface area contributed by atoms with Crippen molar-refractivity contribution in [1.82, 2.24) is 19.9 Å². The van der Waals surface area contributed by atoms with Gasteiger partial charge in [0, 0.05) is 96.4 Å². The number of halogens is 7. The van der Waals surface area contributed by atoms with Crippen LogP contribution in [0.3, 0.4) is 0 Å². The average Bonchev–Trinajstić information content (AvgIpc) is 1.68. The number of nitro benzene ring substituents is 2. The number of aromatic amines is 2. The van der Waals surface area contributed by atoms with E-state index in [1.807, 2.05) is 67.8 Å². The molecule has 4 heterocycles. The van der Waals surface area contributed by atoms with E-state index in [1.54, 1.807) is 81.7 Å². The molecule has 11 rings (SSSR count). The number of nitrogen functional groups attached to an aromatic ring is 1. The molecule has 38 heteroatoms. The lowest BCUT2D eigenvalue weighted by molar-refractivity contribution is -0.384. The molecule has 586 valence electrons. The number of nitrogens with zero attached hydrogens (tertiary/aromatic N) is 4. The highest BCUT2D eigenvalue weighted by atomic mass is 35.7. The number of aryl methyl sites for hydroxylation is 1. The summed E-state index contributed by atoms with van der Waals surface area (Å²) in [6.45, 7) is 7.12. The van der Waals surface area contributed by atoms with E-state index in [0.29, 0.717) is 63.4 Å². The van der Waals surface area contributed by atoms with Crippen molar-refractivity contribution in [2.45, 2.75) is 47.0 Å². The van der Waals surface area contributed by atoms with E-state index < -0.39 is 68.5 Å². The summed E-state index contributed by atoms with van der Waals surface area (Å²) in [5.74, 6) is -3.81. The zero-order chi connectivity index (χ0) is 82.7. The molecule has 11 aromatic rings. The van der Waals surface area contributed by atoms with Gasteiger partial charge < -0.3 is 35.4 Å². The number of nitro groups is 2. The zero-order valence-electron chi connectivity index (χ0n) is 59.1. The summed E-state index contributed by atoms with van der Waals surface area (Å²) in [4.78, 5) is 91.2. The van der Waals surface area contributed by atoms with Crippen LogP contribution in [0.25, 0.3) is 44.3 Å². The average molecular weight is 1720 g/mol. The van der Waals surface area contributed by atoms with Crippen molar-refractivity contribution in [2.75, 3.05) is 46.7 Å². The number of hydrogen-bond donors (Lipinski definition) is 7. The van der Waals surface area contributed by atoms with Gasteiger partial charge in [-0.15, -0.1) is 0 Å². The summed E-state index contributed by atoms with van der Waals surface area (Å²) in [7, 11) is -2.86. The number of hydrogen-bond acceptors (Lipinski definition) is 20. The number of pyridine rings is 2. The summed E-state index contributed by atoms with van der Waals surface area (Å²) in [6, 6.07) is 42.8. The molecule has 0 atom stereocenters. The van der Waals surface area contributed by atoms with Crippen molar-refractivity contribution in [2.24, 2.45) is 0 Å². The molecule has 4 aromatic heterocycles. The molecule has 111 heavy (non-hydrogen) atoms. The minimum atomic E-state index is -3.48. The number of methoxy groups -OCH3 is 2. The standard InChI is InChI=1S/C24H22ClN3O3S.C13H9ClN2.C10H12ClNO4S.C8H6ClNO4.C8H8ClNO2.C7H4ClNO4.C3H7ClO2S/c1-3-10-32(30,31)28-19-9-4-15(2)20(12-19)23(29)22-14-27-24-21(22)11-17(13-26-24)16-5-7-18(25)8-6-16;14-12-3-1-9(2-4-12)11-7-10-5-6-15-13(10)16-8-11;1-2-6-17(15,16)12-8-5-3-4-7(9(8)11)10(13)14;1-14-8(11)5-3-2-4-6(7(5)9)10(12)13;1-12-8(11)5-3-2-4-6(10)7(5)9;8-6-4(7(10)11)2-1-3-5(6)9(12)13;1-2-3-7(4,5)6/h4-9,11-14,28H,3,10H2,1-2H3,(H,26,27);1-8H,(H,15,16);3-5,12H,2,6H2,1H3,(H,13,14);2-4H,1H3;2-4H,10H2,1H3;1-3H,(H,10,11);2-3H2,1H3. The number of aromatic nitrogens is 4. The zero-order valence-corrected chi connectivity index (χ0v) is 66.9. The van der Waals surface area contributed by atoms with E-state index in [-0.39, 0.29) is 71.2 Å². The van der Waals surface area contributed by atoms with Gasteiger partial charge in [0.2, 0.25) is 29.1 Å². The van der Waals surface area contributed by atoms with Crippen molar-refractivity contribution in [3.05, 3.63) is 272 Å². The summed E-state index contributed by atoms with van der Waals surface area (Å²) in [5, 5.41) is 41.0. The number of carbonyl (C=O) groups excluding carboxylic acids is 3. The maximum absolute atomic E-state index is 13.4. The monoisotopic (exact) mass is 1720 g/mol. The number of carbonyl (C=O) groups is 5. The Morgan fingerprint density at radius 1 is 0.514 bits per heavy atom. The van der Waals surface area contributed by atoms with Crippen LogP contribution in [0.5, 0.6) is 0 Å². The Hall–Kier alpha value is -10.5. The van der Waals surface area contributed by atoms with Gasteiger partial charge in [0.05, 0.1) is 85.0 Å². The Morgan fingerprint density at radius 3 is 1.44 bits per heavy atom. The number of anilines is 3. The number of ketones is 1. The van der Waals surface area contributed by atoms with Crippen LogP contribution < -0.4 is 15.2 Å². The predicted molar refractivity (Wildman–Crippen MR) is 433 cm³/mol. The van der Waals surface area contributed by atoms with E-state index in [0.717, 1.165) is 49.9 Å². The van der Waals surface area contributed by atoms with E-state index in [1.165, 1.54) is 62.8 Å². The number of benzene rings is 7. The third-order valence-corrected chi connectivity index (χ3v) is 21.0. The van der Waals surface area contributed by atoms with E-state index in [2.05, 4.69) is 44.9 Å². The summed E-state index contributed by atoms with van der Waals surface area (Å²) in [6.07, 6.45) is 8.69. The molecule has 28 nitrogen and oxygen atoms in total. The van der Waals surface area contributed by atoms with Gasteiger partial charge in [0.1, 0.15) is 21.3 Å². The number of nitrogens with two attached hydrogens (primary N) is 1. The third-order valence-electron chi connectivity index (χ3n) is 14.6. The fourth-order valence-corrected chi connectivity index (χ4v) is 13.9. The molecule has 0 spiro atoms. The van der Waals surface area contributed by atoms with Crippen LogP contribution in [-0.4, -0.2) is 126 Å². The molecule has 0 amide bonds. The van der Waals surface area contributed by atoms with Crippen molar-refractivity contribution in [3.63, 3.8) is 0 Å². The van der Waals surface area contributed by atoms with Crippen LogP contribution in [0.4, 0.5) is 28.4 Å². The molecule has 0 radical (unpaired) electrons. The quantitative estimate of drug-likeness (QED) is 0.00930. The maximum Gasteiger partial charge on any atom is 0.339 e. The lowest BCUT2D eigenvalue weighted by Crippen LogP contribution is -2.16. The van der Waals surface area contributed by atoms with Gasteiger partial charge in [0.15, 0.2) is 5.78 Å². The van der Waals surface area contributed by atoms with Crippen LogP contribution in [0.15, 0.2) is 183 Å². The highest BCUT2D eigenvalue weighted by Crippen LogP contribution is 2.33. The number of carboxylic acid groups (broad SMARTS) is 2. The van der Waals surface area contributed by atoms with Crippen LogP contribution in [-0.2, 0) is 38.6 Å². The van der Waals surface area contributed by atoms with Crippen LogP contribution in [0.2, 0.25) is 30.1 Å². The molecule has 8 N–H and O–H groups in total. The molecule has 0 saturated heterocycles. The third kappa shape index (κ3) is 27.5.